The molecule has 1 aliphatic rings. The smallest absolute Gasteiger partial charge is 0.292 e. The van der Waals surface area contributed by atoms with Gasteiger partial charge >= 0.3 is 0 Å². The molecule has 242 valence electrons. The fraction of sp³-hybridized carbons (Fsp3) is 0.0588. The van der Waals surface area contributed by atoms with Crippen molar-refractivity contribution in [2.45, 2.75) is 4.08 Å². The Morgan fingerprint density at radius 3 is 1.65 bits per heavy atom. The molecule has 1 unspecified atom stereocenters. The quantitative estimate of drug-likeness (QED) is 0.0716. The molecule has 0 saturated carbocycles. The summed E-state index contributed by atoms with van der Waals surface area (Å²) in [6, 6.07) is 28.1. The van der Waals surface area contributed by atoms with E-state index in [2.05, 4.69) is 20.5 Å². The Morgan fingerprint density at radius 2 is 1.12 bits per heavy atom. The molecule has 6 rings (SSSR count). The normalized spacial score (nSPS) is 16.8. The zero-order valence-corrected chi connectivity index (χ0v) is 26.6. The van der Waals surface area contributed by atoms with Gasteiger partial charge in [0.05, 0.1) is 22.8 Å². The topological polar surface area (TPSA) is 210 Å². The number of azo groups is 2. The summed E-state index contributed by atoms with van der Waals surface area (Å²) in [6.45, 7) is 0. The minimum Gasteiger partial charge on any atom is -0.398 e. The summed E-state index contributed by atoms with van der Waals surface area (Å²) < 4.78 is 68.2. The van der Waals surface area contributed by atoms with Gasteiger partial charge in [0.2, 0.25) is 0 Å². The van der Waals surface area contributed by atoms with E-state index in [0.29, 0.717) is 50.8 Å². The number of rotatable bonds is 8. The fourth-order valence-electron chi connectivity index (χ4n) is 5.45. The largest absolute Gasteiger partial charge is 0.398 e. The highest BCUT2D eigenvalue weighted by atomic mass is 32.3. The lowest BCUT2D eigenvalue weighted by molar-refractivity contribution is 0.424. The molecule has 14 heteroatoms. The van der Waals surface area contributed by atoms with Crippen LogP contribution < -0.4 is 11.5 Å². The summed E-state index contributed by atoms with van der Waals surface area (Å²) in [5.74, 6) is -1.54. The van der Waals surface area contributed by atoms with Gasteiger partial charge in [0, 0.05) is 38.8 Å². The van der Waals surface area contributed by atoms with Gasteiger partial charge in [-0.1, -0.05) is 78.9 Å². The van der Waals surface area contributed by atoms with Gasteiger partial charge in [-0.2, -0.15) is 27.1 Å². The van der Waals surface area contributed by atoms with E-state index >= 15 is 0 Å². The first-order valence-electron chi connectivity index (χ1n) is 14.4. The summed E-state index contributed by atoms with van der Waals surface area (Å²) in [7, 11) is -11.0. The number of hydrogen-bond acceptors (Lipinski definition) is 10. The third kappa shape index (κ3) is 6.12. The minimum absolute atomic E-state index is 0.223. The van der Waals surface area contributed by atoms with Gasteiger partial charge in [0.25, 0.3) is 24.3 Å². The van der Waals surface area contributed by atoms with Crippen molar-refractivity contribution in [1.82, 2.24) is 0 Å². The van der Waals surface area contributed by atoms with E-state index < -0.39 is 30.2 Å². The predicted molar refractivity (Wildman–Crippen MR) is 187 cm³/mol. The van der Waals surface area contributed by atoms with Gasteiger partial charge in [-0.05, 0) is 54.1 Å². The number of allylic oxidation sites excluding steroid dienone is 3. The molecule has 6 N–H and O–H groups in total. The molecule has 48 heavy (non-hydrogen) atoms. The van der Waals surface area contributed by atoms with Crippen LogP contribution in [0.1, 0.15) is 5.56 Å². The summed E-state index contributed by atoms with van der Waals surface area (Å²) in [6.07, 6.45) is 5.91. The summed E-state index contributed by atoms with van der Waals surface area (Å²) in [4.78, 5) is 0. The molecule has 12 nitrogen and oxygen atoms in total. The van der Waals surface area contributed by atoms with E-state index in [1.54, 1.807) is 72.8 Å². The molecule has 0 fully saturated rings. The van der Waals surface area contributed by atoms with Crippen molar-refractivity contribution < 1.29 is 25.9 Å². The van der Waals surface area contributed by atoms with Crippen molar-refractivity contribution in [3.8, 4) is 0 Å². The molecule has 1 atom stereocenters. The third-order valence-electron chi connectivity index (χ3n) is 7.90. The van der Waals surface area contributed by atoms with Gasteiger partial charge in [-0.25, -0.2) is 0 Å². The van der Waals surface area contributed by atoms with Crippen LogP contribution in [0.3, 0.4) is 0 Å². The molecule has 5 aromatic carbocycles. The van der Waals surface area contributed by atoms with Crippen LogP contribution in [0.25, 0.3) is 27.6 Å². The van der Waals surface area contributed by atoms with E-state index in [9.17, 15) is 25.9 Å². The van der Waals surface area contributed by atoms with Crippen LogP contribution in [0, 0.1) is 5.92 Å². The molecule has 0 spiro atoms. The maximum absolute atomic E-state index is 12.7. The van der Waals surface area contributed by atoms with Gasteiger partial charge in [0.15, 0.2) is 0 Å². The average Bonchev–Trinajstić information content (AvgIpc) is 3.06. The molecule has 0 saturated heterocycles. The van der Waals surface area contributed by atoms with Crippen LogP contribution in [0.5, 0.6) is 0 Å². The molecular weight excluding hydrogens is 653 g/mol. The average molecular weight is 681 g/mol. The maximum atomic E-state index is 12.7. The highest BCUT2D eigenvalue weighted by Gasteiger charge is 2.58. The Bertz CT molecular complexity index is 2410. The lowest BCUT2D eigenvalue weighted by Crippen LogP contribution is -2.50. The van der Waals surface area contributed by atoms with Crippen molar-refractivity contribution in [3.63, 3.8) is 0 Å². The van der Waals surface area contributed by atoms with Crippen LogP contribution in [-0.4, -0.2) is 30.0 Å². The Hall–Kier alpha value is -5.54. The highest BCUT2D eigenvalue weighted by Crippen LogP contribution is 2.41. The molecular formula is C34H28N6O6S2. The molecule has 1 aliphatic carbocycles. The Kier molecular flexibility index (Phi) is 8.49. The molecule has 5 aromatic rings. The number of nitrogens with two attached hydrogens (primary N) is 2. The van der Waals surface area contributed by atoms with Gasteiger partial charge in [0.1, 0.15) is 0 Å². The van der Waals surface area contributed by atoms with E-state index in [-0.39, 0.29) is 5.70 Å². The van der Waals surface area contributed by atoms with Gasteiger partial charge in [-0.3, -0.25) is 9.11 Å². The maximum Gasteiger partial charge on any atom is 0.292 e. The number of fused-ring (bicyclic) bond motifs is 2. The summed E-state index contributed by atoms with van der Waals surface area (Å²) in [5, 5.41) is 19.9. The molecule has 0 radical (unpaired) electrons. The zero-order valence-electron chi connectivity index (χ0n) is 25.0. The van der Waals surface area contributed by atoms with E-state index in [1.807, 2.05) is 24.3 Å². The second-order valence-corrected chi connectivity index (χ2v) is 14.4. The summed E-state index contributed by atoms with van der Waals surface area (Å²) in [5.41, 5.74) is 15.1. The van der Waals surface area contributed by atoms with Crippen LogP contribution in [0.4, 0.5) is 28.4 Å². The minimum atomic E-state index is -5.48. The number of nitrogens with zero attached hydrogens (tertiary/aromatic N) is 4. The first-order chi connectivity index (χ1) is 22.9. The Labute approximate surface area is 276 Å². The standard InChI is InChI=1S/C34H28N6O6S2/c35-30-17-19-32(28-7-3-1-5-26(28)30)39-37-24-14-10-22(11-15-24)9-12-23-13-16-25(21-34(23,47(41,42)43)48(44,45)46)38-40-33-20-18-31(36)27-6-2-4-8-29(27)33/h1-21,23H,35-36H2,(H,41,42,43)(H,44,45,46). The summed E-state index contributed by atoms with van der Waals surface area (Å²) >= 11 is 0. The molecule has 0 bridgehead atoms. The fourth-order valence-corrected chi connectivity index (χ4v) is 8.06. The van der Waals surface area contributed by atoms with Gasteiger partial charge in [-0.15, -0.1) is 10.2 Å². The second-order valence-electron chi connectivity index (χ2n) is 10.9. The van der Waals surface area contributed by atoms with Crippen molar-refractivity contribution >= 4 is 76.3 Å². The number of benzene rings is 5. The zero-order chi connectivity index (χ0) is 34.1. The van der Waals surface area contributed by atoms with E-state index in [4.69, 9.17) is 11.5 Å². The number of anilines is 2. The van der Waals surface area contributed by atoms with E-state index in [1.165, 1.54) is 24.3 Å². The van der Waals surface area contributed by atoms with Crippen molar-refractivity contribution in [3.05, 3.63) is 133 Å². The predicted octanol–water partition coefficient (Wildman–Crippen LogP) is 7.91. The van der Waals surface area contributed by atoms with Gasteiger partial charge < -0.3 is 11.5 Å². The lowest BCUT2D eigenvalue weighted by atomic mass is 9.96. The van der Waals surface area contributed by atoms with Crippen LogP contribution in [-0.2, 0) is 20.2 Å². The first kappa shape index (κ1) is 32.4. The SMILES string of the molecule is Nc1ccc(N=NC2=CC(S(=O)(=O)O)(S(=O)(=O)O)C(C=Cc3ccc(N=Nc4ccc(N)c5ccccc45)cc3)C=C2)c2ccccc12. The van der Waals surface area contributed by atoms with E-state index in [0.717, 1.165) is 10.8 Å². The van der Waals surface area contributed by atoms with Crippen LogP contribution in [0.15, 0.2) is 148 Å². The number of nitrogen functional groups attached to an aromatic ring is 2. The molecule has 0 aliphatic heterocycles. The van der Waals surface area contributed by atoms with Crippen molar-refractivity contribution in [2.75, 3.05) is 11.5 Å². The highest BCUT2D eigenvalue weighted by molar-refractivity contribution is 8.05. The van der Waals surface area contributed by atoms with Crippen LogP contribution >= 0.6 is 0 Å². The molecule has 0 heterocycles. The van der Waals surface area contributed by atoms with Crippen molar-refractivity contribution in [2.24, 2.45) is 26.4 Å². The van der Waals surface area contributed by atoms with Crippen molar-refractivity contribution in [1.29, 1.82) is 0 Å². The first-order valence-corrected chi connectivity index (χ1v) is 17.3. The second kappa shape index (κ2) is 12.6. The lowest BCUT2D eigenvalue weighted by Gasteiger charge is -2.31. The van der Waals surface area contributed by atoms with Crippen LogP contribution in [0.2, 0.25) is 0 Å². The number of hydrogen-bond donors (Lipinski definition) is 4. The molecule has 0 amide bonds. The Morgan fingerprint density at radius 1 is 0.625 bits per heavy atom. The molecule has 0 aromatic heterocycles. The Balaban J connectivity index is 1.28. The monoisotopic (exact) mass is 680 g/mol. The third-order valence-corrected chi connectivity index (χ3v) is 11.6.